The van der Waals surface area contributed by atoms with Crippen LogP contribution in [-0.4, -0.2) is 43.9 Å². The zero-order valence-electron chi connectivity index (χ0n) is 16.4. The van der Waals surface area contributed by atoms with Crippen LogP contribution in [0.15, 0.2) is 47.4 Å². The Balaban J connectivity index is 2.06. The summed E-state index contributed by atoms with van der Waals surface area (Å²) in [5.74, 6) is 0.0635. The molecule has 11 heteroatoms. The Labute approximate surface area is 183 Å². The fourth-order valence-electron chi connectivity index (χ4n) is 3.48. The first-order valence-corrected chi connectivity index (χ1v) is 11.0. The highest BCUT2D eigenvalue weighted by Crippen LogP contribution is 2.34. The van der Waals surface area contributed by atoms with E-state index in [0.29, 0.717) is 13.0 Å². The highest BCUT2D eigenvalue weighted by Gasteiger charge is 2.38. The van der Waals surface area contributed by atoms with Crippen molar-refractivity contribution in [2.24, 2.45) is 0 Å². The van der Waals surface area contributed by atoms with Gasteiger partial charge in [0.1, 0.15) is 10.6 Å². The lowest BCUT2D eigenvalue weighted by Gasteiger charge is -2.29. The van der Waals surface area contributed by atoms with Gasteiger partial charge in [-0.3, -0.25) is 0 Å². The smallest absolute Gasteiger partial charge is 0.416 e. The molecular weight excluding hydrogens is 455 g/mol. The summed E-state index contributed by atoms with van der Waals surface area (Å²) in [7, 11) is -2.91. The average molecular weight is 474 g/mol. The third-order valence-electron chi connectivity index (χ3n) is 5.02. The van der Waals surface area contributed by atoms with Gasteiger partial charge in [0.25, 0.3) is 0 Å². The maximum absolute atomic E-state index is 13.6. The van der Waals surface area contributed by atoms with Crippen LogP contribution >= 0.6 is 11.6 Å². The second-order valence-electron chi connectivity index (χ2n) is 7.03. The first-order chi connectivity index (χ1) is 14.6. The molecule has 2 aromatic carbocycles. The molecule has 0 bridgehead atoms. The summed E-state index contributed by atoms with van der Waals surface area (Å²) in [6.07, 6.45) is -2.22. The fourth-order valence-corrected chi connectivity index (χ4v) is 5.54. The quantitative estimate of drug-likeness (QED) is 0.590. The predicted octanol–water partition coefficient (Wildman–Crippen LogP) is 4.11. The molecule has 0 saturated carbocycles. The third-order valence-corrected chi connectivity index (χ3v) is 7.17. The van der Waals surface area contributed by atoms with Crippen molar-refractivity contribution < 1.29 is 26.3 Å². The number of ether oxygens (including phenoxy) is 1. The highest BCUT2D eigenvalue weighted by molar-refractivity contribution is 7.89. The number of rotatable bonds is 6. The second kappa shape index (κ2) is 8.94. The first kappa shape index (κ1) is 23.2. The van der Waals surface area contributed by atoms with E-state index in [1.807, 2.05) is 6.19 Å². The van der Waals surface area contributed by atoms with Gasteiger partial charge in [0.05, 0.1) is 12.7 Å². The van der Waals surface area contributed by atoms with Gasteiger partial charge < -0.3 is 9.64 Å². The van der Waals surface area contributed by atoms with Crippen molar-refractivity contribution in [1.29, 1.82) is 5.26 Å². The van der Waals surface area contributed by atoms with Gasteiger partial charge in [0, 0.05) is 30.7 Å². The van der Waals surface area contributed by atoms with E-state index >= 15 is 0 Å². The molecule has 1 heterocycles. The van der Waals surface area contributed by atoms with Crippen molar-refractivity contribution in [2.45, 2.75) is 30.1 Å². The molecule has 0 aromatic heterocycles. The zero-order chi connectivity index (χ0) is 22.8. The van der Waals surface area contributed by atoms with Crippen LogP contribution < -0.4 is 4.74 Å². The number of sulfonamides is 1. The molecule has 1 unspecified atom stereocenters. The standard InChI is InChI=1S/C20H19ClF3N3O3S/c1-30-18-6-5-16(21)10-19(18)31(28,29)27(17-7-8-26(12-17)13-25)11-14-3-2-4-15(9-14)20(22,23)24/h2-6,9-10,17H,7-8,11-12H2,1H3. The van der Waals surface area contributed by atoms with Crippen LogP contribution in [0, 0.1) is 11.5 Å². The topological polar surface area (TPSA) is 73.6 Å². The molecule has 6 nitrogen and oxygen atoms in total. The summed E-state index contributed by atoms with van der Waals surface area (Å²) in [6.45, 7) is 0.186. The van der Waals surface area contributed by atoms with Crippen molar-refractivity contribution in [3.8, 4) is 11.9 Å². The summed E-state index contributed by atoms with van der Waals surface area (Å²) < 4.78 is 72.9. The summed E-state index contributed by atoms with van der Waals surface area (Å²) >= 11 is 6.01. The Kier molecular flexibility index (Phi) is 6.69. The molecule has 1 aliphatic rings. The van der Waals surface area contributed by atoms with E-state index in [0.717, 1.165) is 16.4 Å². The van der Waals surface area contributed by atoms with Crippen molar-refractivity contribution in [2.75, 3.05) is 20.2 Å². The minimum Gasteiger partial charge on any atom is -0.495 e. The normalized spacial score (nSPS) is 17.1. The molecule has 1 fully saturated rings. The minimum absolute atomic E-state index is 0.0635. The Morgan fingerprint density at radius 1 is 1.29 bits per heavy atom. The number of likely N-dealkylation sites (tertiary alicyclic amines) is 1. The molecule has 166 valence electrons. The Hall–Kier alpha value is -2.48. The maximum Gasteiger partial charge on any atom is 0.416 e. The van der Waals surface area contributed by atoms with E-state index in [2.05, 4.69) is 0 Å². The average Bonchev–Trinajstić information content (AvgIpc) is 3.20. The number of nitrogens with zero attached hydrogens (tertiary/aromatic N) is 3. The van der Waals surface area contributed by atoms with Crippen LogP contribution in [0.4, 0.5) is 13.2 Å². The summed E-state index contributed by atoms with van der Waals surface area (Å²) in [4.78, 5) is 1.22. The second-order valence-corrected chi connectivity index (χ2v) is 9.33. The largest absolute Gasteiger partial charge is 0.495 e. The zero-order valence-corrected chi connectivity index (χ0v) is 18.0. The maximum atomic E-state index is 13.6. The van der Waals surface area contributed by atoms with Crippen LogP contribution in [0.2, 0.25) is 5.02 Å². The fraction of sp³-hybridized carbons (Fsp3) is 0.350. The summed E-state index contributed by atoms with van der Waals surface area (Å²) in [5.41, 5.74) is -0.692. The molecule has 2 aromatic rings. The molecule has 1 saturated heterocycles. The molecule has 0 aliphatic carbocycles. The van der Waals surface area contributed by atoms with Crippen LogP contribution in [0.5, 0.6) is 5.75 Å². The lowest BCUT2D eigenvalue weighted by Crippen LogP contribution is -2.41. The number of methoxy groups -OCH3 is 1. The van der Waals surface area contributed by atoms with Gasteiger partial charge in [-0.05, 0) is 36.2 Å². The lowest BCUT2D eigenvalue weighted by atomic mass is 10.1. The van der Waals surface area contributed by atoms with Gasteiger partial charge in [-0.1, -0.05) is 29.8 Å². The molecular formula is C20H19ClF3N3O3S. The number of benzene rings is 2. The molecule has 31 heavy (non-hydrogen) atoms. The number of alkyl halides is 3. The van der Waals surface area contributed by atoms with E-state index in [9.17, 15) is 21.6 Å². The number of hydrogen-bond donors (Lipinski definition) is 0. The summed E-state index contributed by atoms with van der Waals surface area (Å²) in [6, 6.07) is 8.04. The van der Waals surface area contributed by atoms with Crippen molar-refractivity contribution >= 4 is 21.6 Å². The van der Waals surface area contributed by atoms with E-state index < -0.39 is 27.8 Å². The highest BCUT2D eigenvalue weighted by atomic mass is 35.5. The number of halogens is 4. The lowest BCUT2D eigenvalue weighted by molar-refractivity contribution is -0.137. The molecule has 3 rings (SSSR count). The van der Waals surface area contributed by atoms with Gasteiger partial charge in [-0.15, -0.1) is 0 Å². The van der Waals surface area contributed by atoms with E-state index in [4.69, 9.17) is 21.6 Å². The van der Waals surface area contributed by atoms with Gasteiger partial charge in [-0.2, -0.15) is 22.7 Å². The summed E-state index contributed by atoms with van der Waals surface area (Å²) in [5, 5.41) is 9.34. The Morgan fingerprint density at radius 2 is 2.03 bits per heavy atom. The van der Waals surface area contributed by atoms with Gasteiger partial charge >= 0.3 is 6.18 Å². The number of nitriles is 1. The Morgan fingerprint density at radius 3 is 2.65 bits per heavy atom. The van der Waals surface area contributed by atoms with Gasteiger partial charge in [0.2, 0.25) is 10.0 Å². The van der Waals surface area contributed by atoms with Crippen molar-refractivity contribution in [3.05, 3.63) is 58.6 Å². The molecule has 0 radical (unpaired) electrons. The van der Waals surface area contributed by atoms with Crippen molar-refractivity contribution in [3.63, 3.8) is 0 Å². The van der Waals surface area contributed by atoms with E-state index in [1.165, 1.54) is 42.3 Å². The molecule has 0 amide bonds. The number of hydrogen-bond acceptors (Lipinski definition) is 5. The van der Waals surface area contributed by atoms with Crippen LogP contribution in [0.3, 0.4) is 0 Å². The van der Waals surface area contributed by atoms with Crippen LogP contribution in [0.1, 0.15) is 17.5 Å². The van der Waals surface area contributed by atoms with Crippen LogP contribution in [0.25, 0.3) is 0 Å². The first-order valence-electron chi connectivity index (χ1n) is 9.22. The van der Waals surface area contributed by atoms with E-state index in [1.54, 1.807) is 0 Å². The monoisotopic (exact) mass is 473 g/mol. The molecule has 1 atom stereocenters. The third kappa shape index (κ3) is 5.06. The van der Waals surface area contributed by atoms with E-state index in [-0.39, 0.29) is 34.3 Å². The molecule has 1 aliphatic heterocycles. The Bertz CT molecular complexity index is 1100. The SMILES string of the molecule is COc1ccc(Cl)cc1S(=O)(=O)N(Cc1cccc(C(F)(F)F)c1)C1CCN(C#N)C1. The van der Waals surface area contributed by atoms with Gasteiger partial charge in [0.15, 0.2) is 6.19 Å². The molecule has 0 N–H and O–H groups in total. The van der Waals surface area contributed by atoms with Crippen LogP contribution in [-0.2, 0) is 22.7 Å². The molecule has 0 spiro atoms. The predicted molar refractivity (Wildman–Crippen MR) is 108 cm³/mol. The van der Waals surface area contributed by atoms with Crippen molar-refractivity contribution in [1.82, 2.24) is 9.21 Å². The van der Waals surface area contributed by atoms with Gasteiger partial charge in [-0.25, -0.2) is 8.42 Å². The minimum atomic E-state index is -4.55.